The molecule has 0 unspecified atom stereocenters. The molecule has 2 saturated carbocycles. The highest BCUT2D eigenvalue weighted by Crippen LogP contribution is 2.26. The van der Waals surface area contributed by atoms with E-state index >= 15 is 0 Å². The summed E-state index contributed by atoms with van der Waals surface area (Å²) in [7, 11) is 0. The first-order valence-electron chi connectivity index (χ1n) is 6.10. The summed E-state index contributed by atoms with van der Waals surface area (Å²) in [4.78, 5) is 0. The fraction of sp³-hybridized carbons (Fsp3) is 1.00. The second-order valence-electron chi connectivity index (χ2n) is 4.66. The molecular formula is C12H22O2. The fourth-order valence-electron chi connectivity index (χ4n) is 2.67. The van der Waals surface area contributed by atoms with Gasteiger partial charge < -0.3 is 4.74 Å². The number of hydrogen-bond donors (Lipinski definition) is 0. The molecule has 2 aliphatic rings. The zero-order valence-electron chi connectivity index (χ0n) is 9.04. The standard InChI is InChI=1S/C12H22O.O/c1-3-7-11(8-4-1)13-12-9-5-2-6-10-12;/h11-12H,1-10H2;. The minimum absolute atomic E-state index is 0. The van der Waals surface area contributed by atoms with Gasteiger partial charge in [-0.1, -0.05) is 38.5 Å². The number of ether oxygens (including phenoxy) is 1. The Morgan fingerprint density at radius 2 is 0.929 bits per heavy atom. The maximum atomic E-state index is 6.13. The van der Waals surface area contributed by atoms with E-state index in [1.165, 1.54) is 64.2 Å². The van der Waals surface area contributed by atoms with Crippen LogP contribution in [0.25, 0.3) is 0 Å². The first-order chi connectivity index (χ1) is 6.45. The molecule has 0 bridgehead atoms. The molecule has 2 nitrogen and oxygen atoms in total. The summed E-state index contributed by atoms with van der Waals surface area (Å²) in [5.74, 6) is 0. The third-order valence-corrected chi connectivity index (χ3v) is 3.49. The van der Waals surface area contributed by atoms with E-state index in [0.717, 1.165) is 0 Å². The van der Waals surface area contributed by atoms with E-state index < -0.39 is 0 Å². The summed E-state index contributed by atoms with van der Waals surface area (Å²) in [5, 5.41) is 0. The fourth-order valence-corrected chi connectivity index (χ4v) is 2.67. The lowest BCUT2D eigenvalue weighted by Crippen LogP contribution is -2.25. The van der Waals surface area contributed by atoms with Gasteiger partial charge in [-0.05, 0) is 25.7 Å². The molecule has 2 heteroatoms. The zero-order valence-corrected chi connectivity index (χ0v) is 9.04. The predicted octanol–water partition coefficient (Wildman–Crippen LogP) is 3.55. The lowest BCUT2D eigenvalue weighted by Gasteiger charge is -2.29. The van der Waals surface area contributed by atoms with Crippen molar-refractivity contribution in [3.8, 4) is 0 Å². The minimum Gasteiger partial charge on any atom is -0.375 e. The van der Waals surface area contributed by atoms with Gasteiger partial charge in [-0.25, -0.2) is 0 Å². The van der Waals surface area contributed by atoms with E-state index in [2.05, 4.69) is 0 Å². The van der Waals surface area contributed by atoms with Gasteiger partial charge in [0.1, 0.15) is 0 Å². The van der Waals surface area contributed by atoms with Crippen molar-refractivity contribution in [1.29, 1.82) is 0 Å². The summed E-state index contributed by atoms with van der Waals surface area (Å²) in [6.07, 6.45) is 15.0. The molecule has 0 aromatic carbocycles. The third-order valence-electron chi connectivity index (χ3n) is 3.49. The van der Waals surface area contributed by atoms with Crippen molar-refractivity contribution >= 4 is 0 Å². The highest BCUT2D eigenvalue weighted by atomic mass is 16.5. The molecule has 2 radical (unpaired) electrons. The van der Waals surface area contributed by atoms with E-state index in [1.54, 1.807) is 0 Å². The van der Waals surface area contributed by atoms with Gasteiger partial charge in [0.05, 0.1) is 12.2 Å². The Bertz CT molecular complexity index is 119. The largest absolute Gasteiger partial charge is 0.375 e. The normalized spacial score (nSPS) is 25.7. The smallest absolute Gasteiger partial charge is 0.0578 e. The van der Waals surface area contributed by atoms with Gasteiger partial charge in [0.25, 0.3) is 0 Å². The van der Waals surface area contributed by atoms with Crippen LogP contribution in [0.1, 0.15) is 64.2 Å². The molecule has 0 saturated heterocycles. The van der Waals surface area contributed by atoms with Gasteiger partial charge in [0, 0.05) is 5.48 Å². The average Bonchev–Trinajstić information content (AvgIpc) is 2.21. The Morgan fingerprint density at radius 3 is 1.29 bits per heavy atom. The van der Waals surface area contributed by atoms with E-state index in [-0.39, 0.29) is 5.48 Å². The minimum atomic E-state index is 0. The van der Waals surface area contributed by atoms with Gasteiger partial charge >= 0.3 is 0 Å². The molecular weight excluding hydrogens is 176 g/mol. The molecule has 0 N–H and O–H groups in total. The number of rotatable bonds is 2. The van der Waals surface area contributed by atoms with Crippen LogP contribution in [0.3, 0.4) is 0 Å². The van der Waals surface area contributed by atoms with Crippen LogP contribution in [0.2, 0.25) is 0 Å². The Hall–Kier alpha value is -0.0800. The summed E-state index contributed by atoms with van der Waals surface area (Å²) < 4.78 is 6.13. The molecule has 0 aromatic heterocycles. The molecule has 2 rings (SSSR count). The van der Waals surface area contributed by atoms with Crippen LogP contribution in [0.4, 0.5) is 0 Å². The van der Waals surface area contributed by atoms with Gasteiger partial charge in [-0.3, -0.25) is 0 Å². The van der Waals surface area contributed by atoms with Crippen molar-refractivity contribution in [3.05, 3.63) is 0 Å². The van der Waals surface area contributed by atoms with Crippen LogP contribution in [0.15, 0.2) is 0 Å². The predicted molar refractivity (Wildman–Crippen MR) is 55.5 cm³/mol. The summed E-state index contributed by atoms with van der Waals surface area (Å²) in [6, 6.07) is 0. The van der Waals surface area contributed by atoms with Gasteiger partial charge in [-0.2, -0.15) is 0 Å². The molecule has 0 amide bonds. The highest BCUT2D eigenvalue weighted by Gasteiger charge is 2.20. The number of hydrogen-bond acceptors (Lipinski definition) is 1. The monoisotopic (exact) mass is 198 g/mol. The van der Waals surface area contributed by atoms with Gasteiger partial charge in [0.2, 0.25) is 0 Å². The summed E-state index contributed by atoms with van der Waals surface area (Å²) >= 11 is 0. The quantitative estimate of drug-likeness (QED) is 0.668. The molecule has 0 aliphatic heterocycles. The summed E-state index contributed by atoms with van der Waals surface area (Å²) in [5.41, 5.74) is 0. The molecule has 0 atom stereocenters. The van der Waals surface area contributed by atoms with Crippen LogP contribution in [0.5, 0.6) is 0 Å². The van der Waals surface area contributed by atoms with Crippen molar-refractivity contribution in [2.24, 2.45) is 0 Å². The Balaban J connectivity index is 0.000000980. The first-order valence-corrected chi connectivity index (χ1v) is 6.10. The van der Waals surface area contributed by atoms with Crippen molar-refractivity contribution in [1.82, 2.24) is 0 Å². The molecule has 82 valence electrons. The molecule has 0 heterocycles. The Morgan fingerprint density at radius 1 is 0.571 bits per heavy atom. The molecule has 2 aliphatic carbocycles. The lowest BCUT2D eigenvalue weighted by molar-refractivity contribution is -0.0450. The van der Waals surface area contributed by atoms with Crippen LogP contribution in [-0.2, 0) is 10.2 Å². The molecule has 0 aromatic rings. The Kier molecular flexibility index (Phi) is 5.49. The molecule has 0 spiro atoms. The highest BCUT2D eigenvalue weighted by molar-refractivity contribution is 4.71. The first kappa shape index (κ1) is 12.0. The average molecular weight is 198 g/mol. The van der Waals surface area contributed by atoms with Crippen LogP contribution in [0, 0.1) is 0 Å². The second kappa shape index (κ2) is 6.41. The maximum Gasteiger partial charge on any atom is 0.0578 e. The second-order valence-corrected chi connectivity index (χ2v) is 4.66. The Labute approximate surface area is 87.3 Å². The lowest BCUT2D eigenvalue weighted by atomic mass is 9.95. The van der Waals surface area contributed by atoms with Crippen molar-refractivity contribution in [2.75, 3.05) is 0 Å². The van der Waals surface area contributed by atoms with Crippen LogP contribution < -0.4 is 0 Å². The van der Waals surface area contributed by atoms with E-state index in [1.807, 2.05) is 0 Å². The SMILES string of the molecule is C1CCC(OC2CCCCC2)CC1.[O]. The molecule has 14 heavy (non-hydrogen) atoms. The third kappa shape index (κ3) is 3.58. The summed E-state index contributed by atoms with van der Waals surface area (Å²) in [6.45, 7) is 0. The maximum absolute atomic E-state index is 6.13. The van der Waals surface area contributed by atoms with Crippen LogP contribution >= 0.6 is 0 Å². The van der Waals surface area contributed by atoms with Crippen molar-refractivity contribution in [2.45, 2.75) is 76.4 Å². The van der Waals surface area contributed by atoms with Crippen molar-refractivity contribution in [3.63, 3.8) is 0 Å². The topological polar surface area (TPSA) is 37.7 Å². The van der Waals surface area contributed by atoms with Crippen LogP contribution in [-0.4, -0.2) is 12.2 Å². The van der Waals surface area contributed by atoms with Crippen molar-refractivity contribution < 1.29 is 10.2 Å². The zero-order chi connectivity index (χ0) is 8.93. The van der Waals surface area contributed by atoms with E-state index in [9.17, 15) is 0 Å². The van der Waals surface area contributed by atoms with Gasteiger partial charge in [-0.15, -0.1) is 0 Å². The van der Waals surface area contributed by atoms with Gasteiger partial charge in [0.15, 0.2) is 0 Å². The van der Waals surface area contributed by atoms with E-state index in [0.29, 0.717) is 12.2 Å². The molecule has 2 fully saturated rings. The van der Waals surface area contributed by atoms with E-state index in [4.69, 9.17) is 4.74 Å².